The number of rotatable bonds is 7. The molecule has 0 saturated carbocycles. The summed E-state index contributed by atoms with van der Waals surface area (Å²) in [7, 11) is 0. The Bertz CT molecular complexity index is 416. The van der Waals surface area contributed by atoms with E-state index in [4.69, 9.17) is 15.9 Å². The molecule has 108 valence electrons. The maximum atomic E-state index is 5.52. The first-order valence-electron chi connectivity index (χ1n) is 7.32. The smallest absolute Gasteiger partial charge is 0.119 e. The van der Waals surface area contributed by atoms with Crippen molar-refractivity contribution in [2.75, 3.05) is 26.4 Å². The largest absolute Gasteiger partial charge is 0.493 e. The van der Waals surface area contributed by atoms with Gasteiger partial charge in [-0.05, 0) is 36.5 Å². The van der Waals surface area contributed by atoms with Crippen molar-refractivity contribution in [1.29, 1.82) is 0 Å². The SMILES string of the molecule is C#CCCOc1ccc(CNCC2CCCOC2)cc1. The van der Waals surface area contributed by atoms with E-state index in [0.29, 0.717) is 18.9 Å². The summed E-state index contributed by atoms with van der Waals surface area (Å²) in [5.41, 5.74) is 1.27. The average Bonchev–Trinajstić information content (AvgIpc) is 2.50. The van der Waals surface area contributed by atoms with Crippen LogP contribution in [0.1, 0.15) is 24.8 Å². The zero-order valence-corrected chi connectivity index (χ0v) is 11.9. The molecule has 1 atom stereocenters. The first-order valence-corrected chi connectivity index (χ1v) is 7.32. The fourth-order valence-electron chi connectivity index (χ4n) is 2.32. The van der Waals surface area contributed by atoms with Crippen LogP contribution in [-0.4, -0.2) is 26.4 Å². The predicted molar refractivity (Wildman–Crippen MR) is 80.6 cm³/mol. The van der Waals surface area contributed by atoms with E-state index in [0.717, 1.165) is 32.1 Å². The van der Waals surface area contributed by atoms with Crippen molar-refractivity contribution in [3.05, 3.63) is 29.8 Å². The zero-order chi connectivity index (χ0) is 14.0. The lowest BCUT2D eigenvalue weighted by atomic mass is 10.0. The number of terminal acetylenes is 1. The molecule has 1 aromatic carbocycles. The summed E-state index contributed by atoms with van der Waals surface area (Å²) in [6.07, 6.45) is 8.29. The third-order valence-corrected chi connectivity index (χ3v) is 3.46. The maximum Gasteiger partial charge on any atom is 0.119 e. The molecule has 0 aliphatic carbocycles. The molecule has 3 heteroatoms. The Kier molecular flexibility index (Phi) is 6.43. The molecule has 1 saturated heterocycles. The summed E-state index contributed by atoms with van der Waals surface area (Å²) >= 11 is 0. The molecule has 1 unspecified atom stereocenters. The van der Waals surface area contributed by atoms with Crippen molar-refractivity contribution in [1.82, 2.24) is 5.32 Å². The Balaban J connectivity index is 1.66. The molecule has 1 heterocycles. The van der Waals surface area contributed by atoms with E-state index in [1.54, 1.807) is 0 Å². The van der Waals surface area contributed by atoms with Crippen molar-refractivity contribution in [3.8, 4) is 18.1 Å². The highest BCUT2D eigenvalue weighted by Crippen LogP contribution is 2.14. The molecule has 0 radical (unpaired) electrons. The van der Waals surface area contributed by atoms with Crippen LogP contribution < -0.4 is 10.1 Å². The molecular formula is C17H23NO2. The molecule has 3 nitrogen and oxygen atoms in total. The lowest BCUT2D eigenvalue weighted by Gasteiger charge is -2.22. The molecule has 2 rings (SSSR count). The summed E-state index contributed by atoms with van der Waals surface area (Å²) in [6, 6.07) is 8.18. The number of benzene rings is 1. The van der Waals surface area contributed by atoms with Crippen LogP contribution in [0.25, 0.3) is 0 Å². The number of ether oxygens (including phenoxy) is 2. The Morgan fingerprint density at radius 3 is 2.90 bits per heavy atom. The van der Waals surface area contributed by atoms with E-state index >= 15 is 0 Å². The lowest BCUT2D eigenvalue weighted by molar-refractivity contribution is 0.0547. The molecular weight excluding hydrogens is 250 g/mol. The second kappa shape index (κ2) is 8.63. The first kappa shape index (κ1) is 14.9. The van der Waals surface area contributed by atoms with Gasteiger partial charge in [0.25, 0.3) is 0 Å². The van der Waals surface area contributed by atoms with Crippen LogP contribution in [0.4, 0.5) is 0 Å². The standard InChI is InChI=1S/C17H23NO2/c1-2-3-11-20-17-8-6-15(7-9-17)12-18-13-16-5-4-10-19-14-16/h1,6-9,16,18H,3-5,10-14H2. The topological polar surface area (TPSA) is 30.5 Å². The summed E-state index contributed by atoms with van der Waals surface area (Å²) < 4.78 is 11.0. The molecule has 0 spiro atoms. The van der Waals surface area contributed by atoms with Crippen LogP contribution >= 0.6 is 0 Å². The van der Waals surface area contributed by atoms with Crippen molar-refractivity contribution in [2.24, 2.45) is 5.92 Å². The predicted octanol–water partition coefficient (Wildman–Crippen LogP) is 2.60. The van der Waals surface area contributed by atoms with Gasteiger partial charge in [0, 0.05) is 26.1 Å². The van der Waals surface area contributed by atoms with Gasteiger partial charge in [-0.2, -0.15) is 0 Å². The fourth-order valence-corrected chi connectivity index (χ4v) is 2.32. The molecule has 0 aromatic heterocycles. The second-order valence-corrected chi connectivity index (χ2v) is 5.16. The Hall–Kier alpha value is -1.50. The molecule has 1 fully saturated rings. The quantitative estimate of drug-likeness (QED) is 0.612. The van der Waals surface area contributed by atoms with Crippen LogP contribution in [0.3, 0.4) is 0 Å². The van der Waals surface area contributed by atoms with Crippen LogP contribution in [0.2, 0.25) is 0 Å². The van der Waals surface area contributed by atoms with E-state index < -0.39 is 0 Å². The summed E-state index contributed by atoms with van der Waals surface area (Å²) in [4.78, 5) is 0. The fraction of sp³-hybridized carbons (Fsp3) is 0.529. The minimum atomic E-state index is 0.579. The van der Waals surface area contributed by atoms with E-state index in [9.17, 15) is 0 Å². The van der Waals surface area contributed by atoms with Gasteiger partial charge in [0.1, 0.15) is 5.75 Å². The molecule has 0 bridgehead atoms. The summed E-state index contributed by atoms with van der Waals surface area (Å²) in [5, 5.41) is 3.50. The number of nitrogens with one attached hydrogen (secondary N) is 1. The monoisotopic (exact) mass is 273 g/mol. The van der Waals surface area contributed by atoms with Gasteiger partial charge < -0.3 is 14.8 Å². The van der Waals surface area contributed by atoms with Gasteiger partial charge in [0.05, 0.1) is 13.2 Å². The Morgan fingerprint density at radius 2 is 2.20 bits per heavy atom. The zero-order valence-electron chi connectivity index (χ0n) is 11.9. The molecule has 20 heavy (non-hydrogen) atoms. The molecule has 1 aromatic rings. The highest BCUT2D eigenvalue weighted by molar-refractivity contribution is 5.27. The van der Waals surface area contributed by atoms with Crippen molar-refractivity contribution >= 4 is 0 Å². The second-order valence-electron chi connectivity index (χ2n) is 5.16. The highest BCUT2D eigenvalue weighted by Gasteiger charge is 2.12. The third-order valence-electron chi connectivity index (χ3n) is 3.46. The van der Waals surface area contributed by atoms with Gasteiger partial charge in [0.15, 0.2) is 0 Å². The number of hydrogen-bond acceptors (Lipinski definition) is 3. The molecule has 0 amide bonds. The van der Waals surface area contributed by atoms with Gasteiger partial charge in [-0.25, -0.2) is 0 Å². The normalized spacial score (nSPS) is 18.4. The first-order chi connectivity index (χ1) is 9.88. The summed E-state index contributed by atoms with van der Waals surface area (Å²) in [6.45, 7) is 4.32. The Morgan fingerprint density at radius 1 is 1.35 bits per heavy atom. The van der Waals surface area contributed by atoms with Gasteiger partial charge in [0.2, 0.25) is 0 Å². The van der Waals surface area contributed by atoms with Crippen LogP contribution in [0, 0.1) is 18.3 Å². The van der Waals surface area contributed by atoms with Crippen LogP contribution in [0.15, 0.2) is 24.3 Å². The minimum Gasteiger partial charge on any atom is -0.493 e. The van der Waals surface area contributed by atoms with Crippen LogP contribution in [0.5, 0.6) is 5.75 Å². The van der Waals surface area contributed by atoms with Gasteiger partial charge >= 0.3 is 0 Å². The minimum absolute atomic E-state index is 0.579. The van der Waals surface area contributed by atoms with E-state index in [1.165, 1.54) is 18.4 Å². The summed E-state index contributed by atoms with van der Waals surface area (Å²) in [5.74, 6) is 4.10. The van der Waals surface area contributed by atoms with Crippen molar-refractivity contribution < 1.29 is 9.47 Å². The molecule has 1 N–H and O–H groups in total. The third kappa shape index (κ3) is 5.24. The lowest BCUT2D eigenvalue weighted by Crippen LogP contribution is -2.28. The average molecular weight is 273 g/mol. The highest BCUT2D eigenvalue weighted by atomic mass is 16.5. The van der Waals surface area contributed by atoms with Gasteiger partial charge in [-0.15, -0.1) is 12.3 Å². The van der Waals surface area contributed by atoms with E-state index in [2.05, 4.69) is 23.4 Å². The maximum absolute atomic E-state index is 5.52. The Labute approximate surface area is 121 Å². The van der Waals surface area contributed by atoms with Gasteiger partial charge in [-0.3, -0.25) is 0 Å². The van der Waals surface area contributed by atoms with Gasteiger partial charge in [-0.1, -0.05) is 12.1 Å². The van der Waals surface area contributed by atoms with E-state index in [-0.39, 0.29) is 0 Å². The molecule has 1 aliphatic heterocycles. The molecule has 1 aliphatic rings. The van der Waals surface area contributed by atoms with Crippen molar-refractivity contribution in [2.45, 2.75) is 25.8 Å². The number of hydrogen-bond donors (Lipinski definition) is 1. The van der Waals surface area contributed by atoms with Crippen molar-refractivity contribution in [3.63, 3.8) is 0 Å². The van der Waals surface area contributed by atoms with Crippen LogP contribution in [-0.2, 0) is 11.3 Å². The van der Waals surface area contributed by atoms with E-state index in [1.807, 2.05) is 12.1 Å².